The van der Waals surface area contributed by atoms with Crippen LogP contribution in [0, 0.1) is 0 Å². The lowest BCUT2D eigenvalue weighted by Crippen LogP contribution is -2.44. The molecule has 0 aromatic heterocycles. The van der Waals surface area contributed by atoms with E-state index in [-0.39, 0.29) is 30.9 Å². The monoisotopic (exact) mass is 643 g/mol. The maximum absolute atomic E-state index is 13.7. The summed E-state index contributed by atoms with van der Waals surface area (Å²) in [5.41, 5.74) is 13.5. The van der Waals surface area contributed by atoms with Gasteiger partial charge in [0.25, 0.3) is 0 Å². The van der Waals surface area contributed by atoms with Crippen molar-refractivity contribution in [1.29, 1.82) is 0 Å². The number of piperidine rings is 1. The van der Waals surface area contributed by atoms with Gasteiger partial charge in [0, 0.05) is 84.8 Å². The van der Waals surface area contributed by atoms with Gasteiger partial charge >= 0.3 is 6.18 Å². The minimum absolute atomic E-state index is 0. The number of hydrogen-bond donors (Lipinski definition) is 3. The van der Waals surface area contributed by atoms with Crippen molar-refractivity contribution in [3.63, 3.8) is 0 Å². The zero-order valence-electron chi connectivity index (χ0n) is 20.5. The van der Waals surface area contributed by atoms with Gasteiger partial charge in [-0.05, 0) is 48.2 Å². The summed E-state index contributed by atoms with van der Waals surface area (Å²) in [6, 6.07) is 8.76. The van der Waals surface area contributed by atoms with Crippen molar-refractivity contribution in [2.45, 2.75) is 41.3 Å². The van der Waals surface area contributed by atoms with Gasteiger partial charge in [-0.1, -0.05) is 33.8 Å². The number of fused-ring (bicyclic) bond motifs is 2. The molecule has 12 heteroatoms. The van der Waals surface area contributed by atoms with Crippen LogP contribution in [-0.4, -0.2) is 68.2 Å². The molecule has 2 aliphatic heterocycles. The van der Waals surface area contributed by atoms with E-state index in [4.69, 9.17) is 11.5 Å². The molecule has 0 aliphatic carbocycles. The molecule has 5 N–H and O–H groups in total. The van der Waals surface area contributed by atoms with Crippen LogP contribution in [0.2, 0.25) is 0 Å². The molecule has 0 bridgehead atoms. The number of rotatable bonds is 9. The number of nitrogens with zero attached hydrogens (tertiary/aromatic N) is 2. The van der Waals surface area contributed by atoms with Gasteiger partial charge in [0.15, 0.2) is 0 Å². The van der Waals surface area contributed by atoms with Crippen molar-refractivity contribution in [1.82, 2.24) is 9.80 Å². The Bertz CT molecular complexity index is 1020. The first-order valence-electron chi connectivity index (χ1n) is 12.1. The van der Waals surface area contributed by atoms with Gasteiger partial charge < -0.3 is 21.7 Å². The summed E-state index contributed by atoms with van der Waals surface area (Å²) in [5, 5.41) is 3.50. The Kier molecular flexibility index (Phi) is 12.8. The van der Waals surface area contributed by atoms with Gasteiger partial charge in [0.05, 0.1) is 5.56 Å². The highest BCUT2D eigenvalue weighted by molar-refractivity contribution is 9.10. The van der Waals surface area contributed by atoms with Crippen LogP contribution in [0.5, 0.6) is 0 Å². The molecule has 2 aliphatic rings. The van der Waals surface area contributed by atoms with E-state index in [0.29, 0.717) is 30.1 Å². The van der Waals surface area contributed by atoms with E-state index < -0.39 is 11.7 Å². The minimum Gasteiger partial charge on any atom is -0.382 e. The smallest absolute Gasteiger partial charge is 0.382 e. The Labute approximate surface area is 242 Å². The topological polar surface area (TPSA) is 70.5 Å². The number of nitrogens with two attached hydrogens (primary N) is 2. The molecule has 0 atom stereocenters. The van der Waals surface area contributed by atoms with Crippen molar-refractivity contribution in [2.24, 2.45) is 11.5 Å². The van der Waals surface area contributed by atoms with E-state index in [0.717, 1.165) is 72.6 Å². The molecule has 0 amide bonds. The molecule has 5 nitrogen and oxygen atoms in total. The summed E-state index contributed by atoms with van der Waals surface area (Å²) in [4.78, 5) is 6.39. The van der Waals surface area contributed by atoms with Crippen molar-refractivity contribution in [3.8, 4) is 0 Å². The molecule has 0 saturated carbocycles. The maximum atomic E-state index is 13.7. The van der Waals surface area contributed by atoms with E-state index in [1.807, 2.05) is 18.2 Å². The normalized spacial score (nSPS) is 16.0. The average Bonchev–Trinajstić information content (AvgIpc) is 2.82. The molecule has 4 rings (SSSR count). The second kappa shape index (κ2) is 14.6. The van der Waals surface area contributed by atoms with Crippen LogP contribution in [0.1, 0.15) is 29.5 Å². The zero-order valence-corrected chi connectivity index (χ0v) is 24.6. The predicted octanol–water partition coefficient (Wildman–Crippen LogP) is 5.46. The number of anilines is 1. The van der Waals surface area contributed by atoms with E-state index in [1.54, 1.807) is 0 Å². The van der Waals surface area contributed by atoms with Crippen LogP contribution in [0.4, 0.5) is 18.9 Å². The lowest BCUT2D eigenvalue weighted by molar-refractivity contribution is -0.137. The molecule has 37 heavy (non-hydrogen) atoms. The Morgan fingerprint density at radius 1 is 1.00 bits per heavy atom. The van der Waals surface area contributed by atoms with E-state index in [9.17, 15) is 13.2 Å². The lowest BCUT2D eigenvalue weighted by atomic mass is 9.98. The van der Waals surface area contributed by atoms with E-state index >= 15 is 0 Å². The fraction of sp³-hybridized carbons (Fsp3) is 0.520. The summed E-state index contributed by atoms with van der Waals surface area (Å²) < 4.78 is 42.1. The highest BCUT2D eigenvalue weighted by Crippen LogP contribution is 2.46. The number of hydrogen-bond acceptors (Lipinski definition) is 6. The first kappa shape index (κ1) is 32.5. The highest BCUT2D eigenvalue weighted by Gasteiger charge is 2.34. The van der Waals surface area contributed by atoms with Crippen molar-refractivity contribution in [3.05, 3.63) is 51.5 Å². The standard InChI is InChI=1S/C25H33BrF3N5S.2ClH/c26-19-2-1-17-13-21-22(14-18(25(27,28)29)15-24(21)35-23(17)16-19)32-20-3-7-33(8-4-20)11-12-34(9-5-30)10-6-31;;/h1-2,14-16,20,32H,3-13,30-31H2;2*1H. The molecule has 0 spiro atoms. The van der Waals surface area contributed by atoms with Gasteiger partial charge in [-0.3, -0.25) is 4.90 Å². The van der Waals surface area contributed by atoms with Gasteiger partial charge in [0.2, 0.25) is 0 Å². The summed E-state index contributed by atoms with van der Waals surface area (Å²) in [5.74, 6) is 0. The number of benzene rings is 2. The molecule has 2 heterocycles. The predicted molar refractivity (Wildman–Crippen MR) is 155 cm³/mol. The largest absolute Gasteiger partial charge is 0.416 e. The Balaban J connectivity index is 0.00000241. The number of alkyl halides is 3. The van der Waals surface area contributed by atoms with E-state index in [1.165, 1.54) is 23.9 Å². The van der Waals surface area contributed by atoms with Crippen LogP contribution in [0.3, 0.4) is 0 Å². The third-order valence-electron chi connectivity index (χ3n) is 6.72. The molecule has 2 aromatic carbocycles. The fourth-order valence-electron chi connectivity index (χ4n) is 4.79. The van der Waals surface area contributed by atoms with Crippen molar-refractivity contribution in [2.75, 3.05) is 57.7 Å². The SMILES string of the molecule is Cl.Cl.NCCN(CCN)CCN1CCC(Nc2cc(C(F)(F)F)cc3c2Cc2ccc(Br)cc2S3)CC1. The molecule has 0 radical (unpaired) electrons. The summed E-state index contributed by atoms with van der Waals surface area (Å²) >= 11 is 4.89. The maximum Gasteiger partial charge on any atom is 0.416 e. The average molecular weight is 645 g/mol. The Hall–Kier alpha value is -0.720. The van der Waals surface area contributed by atoms with Crippen LogP contribution in [0.15, 0.2) is 44.6 Å². The number of likely N-dealkylation sites (tertiary alicyclic amines) is 1. The quantitative estimate of drug-likeness (QED) is 0.287. The van der Waals surface area contributed by atoms with Crippen LogP contribution in [0.25, 0.3) is 0 Å². The molecule has 1 fully saturated rings. The summed E-state index contributed by atoms with van der Waals surface area (Å²) in [6.45, 7) is 6.64. The zero-order chi connectivity index (χ0) is 25.0. The second-order valence-electron chi connectivity index (χ2n) is 9.21. The minimum atomic E-state index is -4.38. The number of nitrogens with one attached hydrogen (secondary N) is 1. The molecular weight excluding hydrogens is 610 g/mol. The van der Waals surface area contributed by atoms with E-state index in [2.05, 4.69) is 31.0 Å². The molecular formula is C25H35BrCl2F3N5S. The van der Waals surface area contributed by atoms with Gasteiger partial charge in [0.1, 0.15) is 0 Å². The first-order chi connectivity index (χ1) is 16.8. The third kappa shape index (κ3) is 8.63. The molecule has 2 aromatic rings. The Morgan fingerprint density at radius 2 is 1.68 bits per heavy atom. The van der Waals surface area contributed by atoms with Crippen LogP contribution in [-0.2, 0) is 12.6 Å². The van der Waals surface area contributed by atoms with Gasteiger partial charge in [-0.25, -0.2) is 0 Å². The number of halogens is 6. The molecule has 0 unspecified atom stereocenters. The summed E-state index contributed by atoms with van der Waals surface area (Å²) in [7, 11) is 0. The van der Waals surface area contributed by atoms with Crippen LogP contribution < -0.4 is 16.8 Å². The molecule has 1 saturated heterocycles. The van der Waals surface area contributed by atoms with Crippen LogP contribution >= 0.6 is 52.5 Å². The van der Waals surface area contributed by atoms with Crippen molar-refractivity contribution >= 4 is 58.2 Å². The second-order valence-corrected chi connectivity index (χ2v) is 11.2. The van der Waals surface area contributed by atoms with Crippen molar-refractivity contribution < 1.29 is 13.2 Å². The van der Waals surface area contributed by atoms with Gasteiger partial charge in [-0.15, -0.1) is 24.8 Å². The molecule has 208 valence electrons. The lowest BCUT2D eigenvalue weighted by Gasteiger charge is -2.35. The first-order valence-corrected chi connectivity index (χ1v) is 13.7. The third-order valence-corrected chi connectivity index (χ3v) is 8.40. The highest BCUT2D eigenvalue weighted by atomic mass is 79.9. The fourth-order valence-corrected chi connectivity index (χ4v) is 6.49. The Morgan fingerprint density at radius 3 is 2.30 bits per heavy atom. The van der Waals surface area contributed by atoms with Gasteiger partial charge in [-0.2, -0.15) is 13.2 Å². The summed E-state index contributed by atoms with van der Waals surface area (Å²) in [6.07, 6.45) is -1.96.